The van der Waals surface area contributed by atoms with Crippen LogP contribution in [0.1, 0.15) is 25.0 Å². The monoisotopic (exact) mass is 268 g/mol. The number of nitrogens with one attached hydrogen (secondary N) is 2. The van der Waals surface area contributed by atoms with Crippen LogP contribution in [0.15, 0.2) is 34.1 Å². The third kappa shape index (κ3) is 1.68. The number of hydrogen-bond acceptors (Lipinski definition) is 2. The Bertz CT molecular complexity index is 843. The number of pyridine rings is 2. The Morgan fingerprint density at radius 3 is 1.55 bits per heavy atom. The zero-order valence-corrected chi connectivity index (χ0v) is 11.5. The molecule has 0 aliphatic carbocycles. The normalized spacial score (nSPS) is 11.3. The summed E-state index contributed by atoms with van der Waals surface area (Å²) in [5, 5.41) is 1.24. The predicted molar refractivity (Wildman–Crippen MR) is 81.5 cm³/mol. The standard InChI is InChI=1S/C16H16N2O2/c1-3-9-7-17-13-11(15(9)19)5-6-12-14(13)18-8-10(4-2)16(12)20/h5-8H,3-4H2,1-2H3,(H,17,19)(H,18,20). The molecule has 4 nitrogen and oxygen atoms in total. The van der Waals surface area contributed by atoms with Crippen molar-refractivity contribution in [2.75, 3.05) is 0 Å². The van der Waals surface area contributed by atoms with Gasteiger partial charge in [0.1, 0.15) is 0 Å². The summed E-state index contributed by atoms with van der Waals surface area (Å²) in [6, 6.07) is 3.48. The number of benzene rings is 1. The van der Waals surface area contributed by atoms with E-state index >= 15 is 0 Å². The van der Waals surface area contributed by atoms with Gasteiger partial charge in [0.05, 0.1) is 11.0 Å². The van der Waals surface area contributed by atoms with Crippen LogP contribution in [0.5, 0.6) is 0 Å². The highest BCUT2D eigenvalue weighted by Crippen LogP contribution is 2.18. The van der Waals surface area contributed by atoms with Crippen molar-refractivity contribution in [3.8, 4) is 0 Å². The summed E-state index contributed by atoms with van der Waals surface area (Å²) in [6.45, 7) is 3.90. The molecule has 0 saturated carbocycles. The maximum absolute atomic E-state index is 12.3. The van der Waals surface area contributed by atoms with Gasteiger partial charge in [-0.25, -0.2) is 0 Å². The van der Waals surface area contributed by atoms with Gasteiger partial charge in [0, 0.05) is 34.3 Å². The minimum absolute atomic E-state index is 0.0311. The quantitative estimate of drug-likeness (QED) is 0.701. The SMILES string of the molecule is CCc1c[nH]c2c(ccc3c(=O)c(CC)c[nH]c32)c1=O. The Morgan fingerprint density at radius 1 is 0.800 bits per heavy atom. The fraction of sp³-hybridized carbons (Fsp3) is 0.250. The summed E-state index contributed by atoms with van der Waals surface area (Å²) < 4.78 is 0. The van der Waals surface area contributed by atoms with Gasteiger partial charge in [0.15, 0.2) is 10.9 Å². The molecule has 4 heteroatoms. The summed E-state index contributed by atoms with van der Waals surface area (Å²) in [5.41, 5.74) is 2.97. The zero-order valence-electron chi connectivity index (χ0n) is 11.5. The molecular formula is C16H16N2O2. The van der Waals surface area contributed by atoms with Crippen LogP contribution in [-0.4, -0.2) is 9.97 Å². The second kappa shape index (κ2) is 4.63. The number of aromatic amines is 2. The van der Waals surface area contributed by atoms with E-state index in [1.807, 2.05) is 13.8 Å². The van der Waals surface area contributed by atoms with Gasteiger partial charge in [0.2, 0.25) is 0 Å². The predicted octanol–water partition coefficient (Wildman–Crippen LogP) is 2.49. The second-order valence-electron chi connectivity index (χ2n) is 4.90. The minimum atomic E-state index is 0.0311. The molecule has 20 heavy (non-hydrogen) atoms. The van der Waals surface area contributed by atoms with E-state index in [0.717, 1.165) is 11.1 Å². The fourth-order valence-corrected chi connectivity index (χ4v) is 2.60. The van der Waals surface area contributed by atoms with Crippen LogP contribution < -0.4 is 10.9 Å². The third-order valence-electron chi connectivity index (χ3n) is 3.82. The van der Waals surface area contributed by atoms with Gasteiger partial charge in [-0.1, -0.05) is 13.8 Å². The first-order chi connectivity index (χ1) is 9.67. The number of hydrogen-bond donors (Lipinski definition) is 2. The van der Waals surface area contributed by atoms with Crippen LogP contribution in [-0.2, 0) is 12.8 Å². The molecule has 0 fully saturated rings. The first kappa shape index (κ1) is 12.7. The first-order valence-electron chi connectivity index (χ1n) is 6.84. The molecule has 3 aromatic rings. The van der Waals surface area contributed by atoms with E-state index < -0.39 is 0 Å². The van der Waals surface area contributed by atoms with Gasteiger partial charge >= 0.3 is 0 Å². The number of rotatable bonds is 2. The fourth-order valence-electron chi connectivity index (χ4n) is 2.60. The van der Waals surface area contributed by atoms with Crippen molar-refractivity contribution in [1.82, 2.24) is 9.97 Å². The highest BCUT2D eigenvalue weighted by molar-refractivity contribution is 6.02. The van der Waals surface area contributed by atoms with Gasteiger partial charge in [-0.3, -0.25) is 9.59 Å². The molecule has 0 unspecified atom stereocenters. The van der Waals surface area contributed by atoms with Crippen molar-refractivity contribution in [1.29, 1.82) is 0 Å². The Balaban J connectivity index is 2.50. The van der Waals surface area contributed by atoms with Gasteiger partial charge in [0.25, 0.3) is 0 Å². The van der Waals surface area contributed by atoms with Crippen LogP contribution in [0, 0.1) is 0 Å². The average Bonchev–Trinajstić information content (AvgIpc) is 2.48. The largest absolute Gasteiger partial charge is 0.359 e. The minimum Gasteiger partial charge on any atom is -0.359 e. The van der Waals surface area contributed by atoms with E-state index in [1.54, 1.807) is 24.5 Å². The second-order valence-corrected chi connectivity index (χ2v) is 4.90. The van der Waals surface area contributed by atoms with E-state index in [2.05, 4.69) is 9.97 Å². The van der Waals surface area contributed by atoms with Crippen molar-refractivity contribution in [3.05, 3.63) is 56.1 Å². The van der Waals surface area contributed by atoms with Crippen LogP contribution in [0.4, 0.5) is 0 Å². The topological polar surface area (TPSA) is 65.7 Å². The summed E-state index contributed by atoms with van der Waals surface area (Å²) in [5.74, 6) is 0. The van der Waals surface area contributed by atoms with Gasteiger partial charge in [-0.15, -0.1) is 0 Å². The molecular weight excluding hydrogens is 252 g/mol. The molecule has 0 bridgehead atoms. The van der Waals surface area contributed by atoms with E-state index in [1.165, 1.54) is 0 Å². The molecule has 2 heterocycles. The number of H-pyrrole nitrogens is 2. The Labute approximate surface area is 115 Å². The van der Waals surface area contributed by atoms with Crippen LogP contribution in [0.3, 0.4) is 0 Å². The lowest BCUT2D eigenvalue weighted by molar-refractivity contribution is 1.09. The lowest BCUT2D eigenvalue weighted by Crippen LogP contribution is -2.12. The van der Waals surface area contributed by atoms with Crippen molar-refractivity contribution in [2.24, 2.45) is 0 Å². The molecule has 0 amide bonds. The van der Waals surface area contributed by atoms with Crippen molar-refractivity contribution in [3.63, 3.8) is 0 Å². The molecule has 0 radical (unpaired) electrons. The third-order valence-corrected chi connectivity index (χ3v) is 3.82. The molecule has 3 rings (SSSR count). The zero-order chi connectivity index (χ0) is 14.3. The lowest BCUT2D eigenvalue weighted by atomic mass is 10.1. The Hall–Kier alpha value is -2.36. The molecule has 0 spiro atoms. The molecule has 0 saturated heterocycles. The molecule has 0 atom stereocenters. The maximum atomic E-state index is 12.3. The van der Waals surface area contributed by atoms with Crippen LogP contribution in [0.25, 0.3) is 21.8 Å². The summed E-state index contributed by atoms with van der Waals surface area (Å²) in [6.07, 6.45) is 4.84. The van der Waals surface area contributed by atoms with E-state index in [0.29, 0.717) is 34.6 Å². The van der Waals surface area contributed by atoms with Crippen molar-refractivity contribution < 1.29 is 0 Å². The van der Waals surface area contributed by atoms with E-state index in [-0.39, 0.29) is 10.9 Å². The molecule has 1 aromatic carbocycles. The number of aromatic nitrogens is 2. The summed E-state index contributed by atoms with van der Waals surface area (Å²) >= 11 is 0. The van der Waals surface area contributed by atoms with Gasteiger partial charge < -0.3 is 9.97 Å². The average molecular weight is 268 g/mol. The molecule has 2 N–H and O–H groups in total. The molecule has 0 aliphatic rings. The highest BCUT2D eigenvalue weighted by Gasteiger charge is 2.10. The van der Waals surface area contributed by atoms with Gasteiger partial charge in [-0.2, -0.15) is 0 Å². The summed E-state index contributed by atoms with van der Waals surface area (Å²) in [7, 11) is 0. The number of aryl methyl sites for hydroxylation is 2. The van der Waals surface area contributed by atoms with E-state index in [4.69, 9.17) is 0 Å². The highest BCUT2D eigenvalue weighted by atomic mass is 16.1. The maximum Gasteiger partial charge on any atom is 0.192 e. The lowest BCUT2D eigenvalue weighted by Gasteiger charge is -2.06. The van der Waals surface area contributed by atoms with Crippen LogP contribution >= 0.6 is 0 Å². The Kier molecular flexibility index (Phi) is 2.93. The summed E-state index contributed by atoms with van der Waals surface area (Å²) in [4.78, 5) is 30.9. The van der Waals surface area contributed by atoms with Crippen molar-refractivity contribution >= 4 is 21.8 Å². The van der Waals surface area contributed by atoms with E-state index in [9.17, 15) is 9.59 Å². The number of fused-ring (bicyclic) bond motifs is 3. The molecule has 102 valence electrons. The first-order valence-corrected chi connectivity index (χ1v) is 6.84. The smallest absolute Gasteiger partial charge is 0.192 e. The Morgan fingerprint density at radius 2 is 1.20 bits per heavy atom. The van der Waals surface area contributed by atoms with Crippen molar-refractivity contribution in [2.45, 2.75) is 26.7 Å². The van der Waals surface area contributed by atoms with Gasteiger partial charge in [-0.05, 0) is 25.0 Å². The molecule has 0 aliphatic heterocycles. The van der Waals surface area contributed by atoms with Crippen LogP contribution in [0.2, 0.25) is 0 Å². The molecule has 2 aromatic heterocycles.